The van der Waals surface area contributed by atoms with Crippen LogP contribution in [0, 0.1) is 0 Å². The highest BCUT2D eigenvalue weighted by molar-refractivity contribution is 6.30. The lowest BCUT2D eigenvalue weighted by Gasteiger charge is -2.22. The van der Waals surface area contributed by atoms with E-state index in [2.05, 4.69) is 20.3 Å². The fourth-order valence-electron chi connectivity index (χ4n) is 2.45. The van der Waals surface area contributed by atoms with Gasteiger partial charge in [-0.3, -0.25) is 0 Å². The molecule has 3 rings (SSSR count). The summed E-state index contributed by atoms with van der Waals surface area (Å²) in [6, 6.07) is 17.2. The summed E-state index contributed by atoms with van der Waals surface area (Å²) in [4.78, 5) is 27.4. The molecule has 2 N–H and O–H groups in total. The first-order valence-corrected chi connectivity index (χ1v) is 9.65. The second kappa shape index (κ2) is 9.02. The van der Waals surface area contributed by atoms with Gasteiger partial charge in [-0.25, -0.2) is 19.7 Å². The Morgan fingerprint density at radius 1 is 1.10 bits per heavy atom. The van der Waals surface area contributed by atoms with Gasteiger partial charge in [-0.2, -0.15) is 4.98 Å². The lowest BCUT2D eigenvalue weighted by atomic mass is 10.1. The van der Waals surface area contributed by atoms with Gasteiger partial charge in [-0.05, 0) is 57.2 Å². The van der Waals surface area contributed by atoms with Crippen molar-refractivity contribution in [3.63, 3.8) is 0 Å². The quantitative estimate of drug-likeness (QED) is 0.540. The molecule has 1 heterocycles. The van der Waals surface area contributed by atoms with E-state index in [-0.39, 0.29) is 5.95 Å². The molecule has 2 aromatic carbocycles. The summed E-state index contributed by atoms with van der Waals surface area (Å²) in [6.45, 7) is 4.95. The van der Waals surface area contributed by atoms with Gasteiger partial charge in [0.05, 0.1) is 11.3 Å². The molecule has 0 atom stereocenters. The van der Waals surface area contributed by atoms with Gasteiger partial charge in [0.2, 0.25) is 0 Å². The Balaban J connectivity index is 1.98. The molecule has 7 nitrogen and oxygen atoms in total. The van der Waals surface area contributed by atoms with Crippen LogP contribution in [0.4, 0.5) is 27.9 Å². The van der Waals surface area contributed by atoms with Gasteiger partial charge in [0.1, 0.15) is 5.82 Å². The van der Waals surface area contributed by atoms with E-state index in [1.807, 2.05) is 18.2 Å². The van der Waals surface area contributed by atoms with Crippen molar-refractivity contribution in [1.29, 1.82) is 0 Å². The van der Waals surface area contributed by atoms with Crippen molar-refractivity contribution >= 4 is 46.5 Å². The predicted octanol–water partition coefficient (Wildman–Crippen LogP) is 5.36. The molecule has 0 radical (unpaired) electrons. The first kappa shape index (κ1) is 21.4. The van der Waals surface area contributed by atoms with Crippen LogP contribution in [0.25, 0.3) is 0 Å². The molecule has 3 aromatic rings. The second-order valence-corrected chi connectivity index (χ2v) is 7.52. The number of anilines is 3. The number of carbonyl (C=O) groups is 1. The van der Waals surface area contributed by atoms with E-state index < -0.39 is 11.6 Å². The van der Waals surface area contributed by atoms with Gasteiger partial charge in [0.25, 0.3) is 5.95 Å². The molecule has 0 aliphatic heterocycles. The van der Waals surface area contributed by atoms with E-state index in [1.165, 1.54) is 11.1 Å². The lowest BCUT2D eigenvalue weighted by Crippen LogP contribution is -2.31. The van der Waals surface area contributed by atoms with Crippen LogP contribution >= 0.6 is 11.6 Å². The molecule has 8 heteroatoms. The molecular formula is C22H22ClN5O2. The Morgan fingerprint density at radius 2 is 1.77 bits per heavy atom. The molecule has 30 heavy (non-hydrogen) atoms. The third-order valence-corrected chi connectivity index (χ3v) is 4.58. The van der Waals surface area contributed by atoms with Gasteiger partial charge < -0.3 is 10.4 Å². The Hall–Kier alpha value is -3.29. The number of para-hydroxylation sites is 1. The zero-order valence-electron chi connectivity index (χ0n) is 16.9. The molecule has 2 amide bonds. The van der Waals surface area contributed by atoms with Crippen molar-refractivity contribution < 1.29 is 9.90 Å². The summed E-state index contributed by atoms with van der Waals surface area (Å²) in [5, 5.41) is 13.5. The van der Waals surface area contributed by atoms with E-state index in [0.717, 1.165) is 0 Å². The highest BCUT2D eigenvalue weighted by Crippen LogP contribution is 2.26. The maximum atomic E-state index is 13.1. The largest absolute Gasteiger partial charge is 0.385 e. The van der Waals surface area contributed by atoms with Gasteiger partial charge in [0.15, 0.2) is 0 Å². The number of urea groups is 1. The molecule has 154 valence electrons. The van der Waals surface area contributed by atoms with Gasteiger partial charge in [-0.15, -0.1) is 0 Å². The smallest absolute Gasteiger partial charge is 0.332 e. The number of aliphatic imine (C=N–C) groups is 1. The molecule has 0 aliphatic rings. The van der Waals surface area contributed by atoms with Crippen molar-refractivity contribution in [2.45, 2.75) is 26.4 Å². The number of hydrogen-bond donors (Lipinski definition) is 2. The maximum Gasteiger partial charge on any atom is 0.332 e. The van der Waals surface area contributed by atoms with Gasteiger partial charge in [-0.1, -0.05) is 29.8 Å². The third kappa shape index (κ3) is 5.40. The van der Waals surface area contributed by atoms with Crippen LogP contribution in [-0.4, -0.2) is 32.4 Å². The minimum Gasteiger partial charge on any atom is -0.385 e. The Bertz CT molecular complexity index is 1050. The van der Waals surface area contributed by atoms with Gasteiger partial charge >= 0.3 is 6.03 Å². The van der Waals surface area contributed by atoms with Crippen LogP contribution in [0.15, 0.2) is 71.9 Å². The van der Waals surface area contributed by atoms with Crippen molar-refractivity contribution in [1.82, 2.24) is 9.97 Å². The molecule has 0 saturated heterocycles. The van der Waals surface area contributed by atoms with E-state index in [1.54, 1.807) is 63.2 Å². The summed E-state index contributed by atoms with van der Waals surface area (Å²) in [5.74, 6) is 0.484. The van der Waals surface area contributed by atoms with Crippen LogP contribution in [0.5, 0.6) is 0 Å². The van der Waals surface area contributed by atoms with Crippen LogP contribution in [0.1, 0.15) is 20.8 Å². The number of carbonyl (C=O) groups excluding carboxylic acids is 1. The van der Waals surface area contributed by atoms with E-state index >= 15 is 0 Å². The summed E-state index contributed by atoms with van der Waals surface area (Å²) in [5.41, 5.74) is 0.564. The number of benzene rings is 2. The molecule has 0 bridgehead atoms. The summed E-state index contributed by atoms with van der Waals surface area (Å²) in [7, 11) is 0. The van der Waals surface area contributed by atoms with Crippen LogP contribution in [-0.2, 0) is 0 Å². The third-order valence-electron chi connectivity index (χ3n) is 4.32. The molecule has 0 unspecified atom stereocenters. The molecule has 0 spiro atoms. The van der Waals surface area contributed by atoms with E-state index in [4.69, 9.17) is 11.6 Å². The number of nitrogens with zero attached hydrogens (tertiary/aromatic N) is 4. The fraction of sp³-hybridized carbons (Fsp3) is 0.182. The first-order valence-electron chi connectivity index (χ1n) is 9.27. The molecule has 0 aliphatic carbocycles. The molecule has 0 fully saturated rings. The minimum absolute atomic E-state index is 0.146. The monoisotopic (exact) mass is 423 g/mol. The zero-order valence-corrected chi connectivity index (χ0v) is 17.6. The van der Waals surface area contributed by atoms with Crippen molar-refractivity contribution in [2.75, 3.05) is 10.2 Å². The van der Waals surface area contributed by atoms with Crippen molar-refractivity contribution in [3.8, 4) is 0 Å². The van der Waals surface area contributed by atoms with Crippen LogP contribution in [0.2, 0.25) is 5.02 Å². The average molecular weight is 424 g/mol. The average Bonchev–Trinajstić information content (AvgIpc) is 2.70. The Kier molecular flexibility index (Phi) is 6.44. The van der Waals surface area contributed by atoms with Crippen molar-refractivity contribution in [3.05, 3.63) is 71.9 Å². The minimum atomic E-state index is -1.11. The first-order chi connectivity index (χ1) is 14.2. The van der Waals surface area contributed by atoms with Gasteiger partial charge in [0, 0.05) is 28.7 Å². The number of amides is 2. The zero-order chi connectivity index (χ0) is 21.7. The molecule has 0 saturated carbocycles. The number of aromatic nitrogens is 2. The maximum absolute atomic E-state index is 13.1. The number of rotatable bonds is 5. The van der Waals surface area contributed by atoms with E-state index in [0.29, 0.717) is 27.9 Å². The highest BCUT2D eigenvalue weighted by atomic mass is 35.5. The standard InChI is InChI=1S/C22H22ClN5O2/c1-15(22(2,3)30)25-20-24-14-13-19(27-20)28(18-7-5-4-6-8-18)21(29)26-17-11-9-16(23)10-12-17/h4-14,30H,1-3H3,(H,26,29). The van der Waals surface area contributed by atoms with Crippen LogP contribution < -0.4 is 10.2 Å². The van der Waals surface area contributed by atoms with Crippen LogP contribution in [0.3, 0.4) is 0 Å². The lowest BCUT2D eigenvalue weighted by molar-refractivity contribution is 0.153. The summed E-state index contributed by atoms with van der Waals surface area (Å²) >= 11 is 5.92. The molecule has 1 aromatic heterocycles. The Labute approximate surface area is 180 Å². The fourth-order valence-corrected chi connectivity index (χ4v) is 2.57. The number of aliphatic hydroxyl groups is 1. The second-order valence-electron chi connectivity index (χ2n) is 7.08. The SMILES string of the molecule is CC(=Nc1nccc(N(C(=O)Nc2ccc(Cl)cc2)c2ccccc2)n1)C(C)(C)O. The number of halogens is 1. The topological polar surface area (TPSA) is 90.7 Å². The summed E-state index contributed by atoms with van der Waals surface area (Å²) < 4.78 is 0. The highest BCUT2D eigenvalue weighted by Gasteiger charge is 2.21. The predicted molar refractivity (Wildman–Crippen MR) is 120 cm³/mol. The normalized spacial score (nSPS) is 11.8. The summed E-state index contributed by atoms with van der Waals surface area (Å²) in [6.07, 6.45) is 1.52. The molecular weight excluding hydrogens is 402 g/mol. The van der Waals surface area contributed by atoms with E-state index in [9.17, 15) is 9.90 Å². The van der Waals surface area contributed by atoms with Crippen molar-refractivity contribution in [2.24, 2.45) is 4.99 Å². The number of nitrogens with one attached hydrogen (secondary N) is 1. The number of hydrogen-bond acceptors (Lipinski definition) is 5. The Morgan fingerprint density at radius 3 is 2.40 bits per heavy atom.